The quantitative estimate of drug-likeness (QED) is 0.332. The van der Waals surface area contributed by atoms with Crippen LogP contribution in [0.25, 0.3) is 33.8 Å². The average molecular weight is 495 g/mol. The van der Waals surface area contributed by atoms with E-state index in [0.717, 1.165) is 6.07 Å². The number of alkyl halides is 3. The number of hydrogen-bond donors (Lipinski definition) is 1. The van der Waals surface area contributed by atoms with Gasteiger partial charge in [-0.3, -0.25) is 4.68 Å². The summed E-state index contributed by atoms with van der Waals surface area (Å²) in [5.41, 5.74) is 0.894. The number of rotatable bonds is 2. The highest BCUT2D eigenvalue weighted by molar-refractivity contribution is 6.34. The van der Waals surface area contributed by atoms with Crippen molar-refractivity contribution in [1.29, 1.82) is 5.26 Å². The van der Waals surface area contributed by atoms with Crippen molar-refractivity contribution >= 4 is 35.0 Å². The summed E-state index contributed by atoms with van der Waals surface area (Å²) in [7, 11) is 1.70. The lowest BCUT2D eigenvalue weighted by Gasteiger charge is -2.15. The summed E-state index contributed by atoms with van der Waals surface area (Å²) in [5.74, 6) is 0.326. The van der Waals surface area contributed by atoms with Crippen LogP contribution < -0.4 is 0 Å². The second kappa shape index (κ2) is 8.36. The molecule has 3 aromatic heterocycles. The van der Waals surface area contributed by atoms with Gasteiger partial charge >= 0.3 is 6.18 Å². The summed E-state index contributed by atoms with van der Waals surface area (Å²) < 4.78 is 42.0. The number of hydrogen-bond acceptors (Lipinski definition) is 4. The van der Waals surface area contributed by atoms with Gasteiger partial charge in [-0.2, -0.15) is 23.5 Å². The van der Waals surface area contributed by atoms with Gasteiger partial charge in [-0.05, 0) is 12.1 Å². The second-order valence-electron chi connectivity index (χ2n) is 8.38. The molecule has 11 heteroatoms. The van der Waals surface area contributed by atoms with Crippen molar-refractivity contribution in [3.63, 3.8) is 0 Å². The molecule has 0 fully saturated rings. The molecule has 0 saturated heterocycles. The Bertz CT molecular complexity index is 1390. The number of nitriles is 1. The number of pyridine rings is 1. The number of aromatic nitrogens is 5. The van der Waals surface area contributed by atoms with Crippen LogP contribution in [0.5, 0.6) is 0 Å². The number of H-pyrrole nitrogens is 1. The van der Waals surface area contributed by atoms with E-state index in [1.165, 1.54) is 24.3 Å². The van der Waals surface area contributed by atoms with Crippen LogP contribution in [0.15, 0.2) is 30.3 Å². The third kappa shape index (κ3) is 4.28. The summed E-state index contributed by atoms with van der Waals surface area (Å²) in [6, 6.07) is 8.79. The zero-order valence-corrected chi connectivity index (χ0v) is 19.6. The lowest BCUT2D eigenvalue weighted by Crippen LogP contribution is -2.14. The highest BCUT2D eigenvalue weighted by atomic mass is 35.5. The molecular formula is C22H19Cl2F3N6. The van der Waals surface area contributed by atoms with Crippen LogP contribution >= 0.6 is 24.0 Å². The zero-order chi connectivity index (χ0) is 23.4. The van der Waals surface area contributed by atoms with Crippen LogP contribution in [-0.2, 0) is 18.6 Å². The first-order valence-corrected chi connectivity index (χ1v) is 10.0. The number of nitrogens with one attached hydrogen (secondary N) is 1. The predicted octanol–water partition coefficient (Wildman–Crippen LogP) is 6.29. The van der Waals surface area contributed by atoms with Gasteiger partial charge in [0.1, 0.15) is 22.8 Å². The van der Waals surface area contributed by atoms with E-state index in [2.05, 4.69) is 26.1 Å². The minimum absolute atomic E-state index is 0. The fourth-order valence-corrected chi connectivity index (χ4v) is 3.84. The number of halogens is 5. The van der Waals surface area contributed by atoms with Gasteiger partial charge in [0.2, 0.25) is 0 Å². The zero-order valence-electron chi connectivity index (χ0n) is 18.0. The molecule has 0 unspecified atom stereocenters. The summed E-state index contributed by atoms with van der Waals surface area (Å²) in [5, 5.41) is 14.2. The Morgan fingerprint density at radius 3 is 2.39 bits per heavy atom. The molecule has 0 aliphatic carbocycles. The number of aryl methyl sites for hydroxylation is 1. The normalized spacial score (nSPS) is 12.0. The highest BCUT2D eigenvalue weighted by Crippen LogP contribution is 2.38. The molecule has 0 spiro atoms. The third-order valence-corrected chi connectivity index (χ3v) is 5.31. The molecule has 0 amide bonds. The van der Waals surface area contributed by atoms with Gasteiger partial charge in [-0.15, -0.1) is 12.4 Å². The molecule has 1 N–H and O–H groups in total. The molecule has 4 rings (SSSR count). The molecule has 3 heterocycles. The van der Waals surface area contributed by atoms with Crippen LogP contribution in [0.3, 0.4) is 0 Å². The first-order chi connectivity index (χ1) is 14.9. The second-order valence-corrected chi connectivity index (χ2v) is 8.74. The molecule has 6 nitrogen and oxygen atoms in total. The van der Waals surface area contributed by atoms with E-state index in [1.807, 2.05) is 20.8 Å². The van der Waals surface area contributed by atoms with E-state index in [-0.39, 0.29) is 34.2 Å². The molecule has 0 saturated carbocycles. The van der Waals surface area contributed by atoms with Crippen LogP contribution in [0.1, 0.15) is 37.6 Å². The van der Waals surface area contributed by atoms with Crippen molar-refractivity contribution in [2.45, 2.75) is 32.4 Å². The van der Waals surface area contributed by atoms with Crippen molar-refractivity contribution in [2.75, 3.05) is 0 Å². The van der Waals surface area contributed by atoms with Crippen molar-refractivity contribution in [3.8, 4) is 28.8 Å². The van der Waals surface area contributed by atoms with Gasteiger partial charge in [-0.25, -0.2) is 9.97 Å². The summed E-state index contributed by atoms with van der Waals surface area (Å²) in [6.45, 7) is 5.84. The maximum absolute atomic E-state index is 13.5. The van der Waals surface area contributed by atoms with Crippen LogP contribution in [0.2, 0.25) is 5.15 Å². The number of fused-ring (bicyclic) bond motifs is 1. The number of nitrogens with zero attached hydrogens (tertiary/aromatic N) is 5. The molecule has 0 radical (unpaired) electrons. The lowest BCUT2D eigenvalue weighted by molar-refractivity contribution is -0.137. The van der Waals surface area contributed by atoms with Gasteiger partial charge in [0, 0.05) is 18.0 Å². The smallest absolute Gasteiger partial charge is 0.334 e. The van der Waals surface area contributed by atoms with E-state index in [1.54, 1.807) is 11.7 Å². The van der Waals surface area contributed by atoms with Crippen molar-refractivity contribution < 1.29 is 13.2 Å². The standard InChI is InChI=1S/C22H18ClF3N6.ClH/c1-21(2,3)18-12(10-27)17(32(4)31-18)20-29-15-9-14(28-19(23)16(15)30-20)11-7-5-6-8-13(11)22(24,25)26;/h5-9H,1-4H3,(H,29,30);1H. The highest BCUT2D eigenvalue weighted by Gasteiger charge is 2.34. The van der Waals surface area contributed by atoms with Gasteiger partial charge in [-0.1, -0.05) is 50.6 Å². The molecule has 1 aromatic carbocycles. The van der Waals surface area contributed by atoms with E-state index in [4.69, 9.17) is 11.6 Å². The fourth-order valence-electron chi connectivity index (χ4n) is 3.60. The predicted molar refractivity (Wildman–Crippen MR) is 122 cm³/mol. The summed E-state index contributed by atoms with van der Waals surface area (Å²) in [6.07, 6.45) is -4.55. The van der Waals surface area contributed by atoms with Crippen molar-refractivity contribution in [3.05, 3.63) is 52.3 Å². The largest absolute Gasteiger partial charge is 0.417 e. The maximum atomic E-state index is 13.5. The van der Waals surface area contributed by atoms with Gasteiger partial charge in [0.05, 0.1) is 22.5 Å². The molecular weight excluding hydrogens is 476 g/mol. The van der Waals surface area contributed by atoms with Gasteiger partial charge < -0.3 is 4.98 Å². The number of aromatic amines is 1. The molecule has 0 bridgehead atoms. The van der Waals surface area contributed by atoms with Crippen LogP contribution in [0.4, 0.5) is 13.2 Å². The Morgan fingerprint density at radius 1 is 1.12 bits per heavy atom. The fraction of sp³-hybridized carbons (Fsp3) is 0.273. The van der Waals surface area contributed by atoms with E-state index in [9.17, 15) is 18.4 Å². The van der Waals surface area contributed by atoms with Crippen LogP contribution in [0, 0.1) is 11.3 Å². The number of imidazole rings is 1. The Hall–Kier alpha value is -3.09. The monoisotopic (exact) mass is 494 g/mol. The molecule has 33 heavy (non-hydrogen) atoms. The minimum atomic E-state index is -4.55. The van der Waals surface area contributed by atoms with Crippen molar-refractivity contribution in [1.82, 2.24) is 24.7 Å². The minimum Gasteiger partial charge on any atom is -0.334 e. The maximum Gasteiger partial charge on any atom is 0.417 e. The third-order valence-electron chi connectivity index (χ3n) is 5.03. The molecule has 0 aliphatic rings. The van der Waals surface area contributed by atoms with Gasteiger partial charge in [0.15, 0.2) is 11.0 Å². The topological polar surface area (TPSA) is 83.2 Å². The Balaban J connectivity index is 0.00000306. The Kier molecular flexibility index (Phi) is 6.22. The first kappa shape index (κ1) is 24.6. The molecule has 4 aromatic rings. The number of benzene rings is 1. The lowest BCUT2D eigenvalue weighted by atomic mass is 9.89. The van der Waals surface area contributed by atoms with E-state index >= 15 is 0 Å². The summed E-state index contributed by atoms with van der Waals surface area (Å²) in [4.78, 5) is 11.7. The summed E-state index contributed by atoms with van der Waals surface area (Å²) >= 11 is 6.32. The van der Waals surface area contributed by atoms with E-state index < -0.39 is 11.7 Å². The molecule has 0 atom stereocenters. The molecule has 172 valence electrons. The molecule has 0 aliphatic heterocycles. The SMILES string of the molecule is Cl.Cn1nc(C(C)(C)C)c(C#N)c1-c1nc2cc(-c3ccccc3C(F)(F)F)nc(Cl)c2[nH]1. The van der Waals surface area contributed by atoms with Gasteiger partial charge in [0.25, 0.3) is 0 Å². The Morgan fingerprint density at radius 2 is 1.79 bits per heavy atom. The van der Waals surface area contributed by atoms with Crippen LogP contribution in [-0.4, -0.2) is 24.7 Å². The average Bonchev–Trinajstić information content (AvgIpc) is 3.27. The van der Waals surface area contributed by atoms with Crippen molar-refractivity contribution in [2.24, 2.45) is 7.05 Å². The Labute approximate surface area is 198 Å². The first-order valence-electron chi connectivity index (χ1n) is 9.62. The van der Waals surface area contributed by atoms with E-state index in [0.29, 0.717) is 33.8 Å².